The largest absolute Gasteiger partial charge is 0.481 e. The van der Waals surface area contributed by atoms with Crippen molar-refractivity contribution in [3.63, 3.8) is 0 Å². The minimum atomic E-state index is -2.53. The topological polar surface area (TPSA) is 386 Å². The first-order chi connectivity index (χ1) is 35.5. The highest BCUT2D eigenvalue weighted by atomic mass is 16.7. The number of esters is 2. The Balaban J connectivity index is 2.41. The lowest BCUT2D eigenvalue weighted by molar-refractivity contribution is -0.333. The Labute approximate surface area is 450 Å². The number of nitrogens with two attached hydrogens (primary N) is 2. The van der Waals surface area contributed by atoms with Crippen molar-refractivity contribution in [3.05, 3.63) is 23.8 Å². The van der Waals surface area contributed by atoms with E-state index in [1.54, 1.807) is 39.8 Å². The number of fused-ring (bicyclic) bond motifs is 2. The molecular formula is C55H99N3O18. The average molecular weight is 1090 g/mol. The highest BCUT2D eigenvalue weighted by Crippen LogP contribution is 2.36. The monoisotopic (exact) mass is 1090 g/mol. The maximum absolute atomic E-state index is 13.7. The van der Waals surface area contributed by atoms with Crippen LogP contribution >= 0.6 is 0 Å². The number of hydrogen-bond donors (Lipinski definition) is 14. The third-order valence-electron chi connectivity index (χ3n) is 15.7. The van der Waals surface area contributed by atoms with E-state index in [2.05, 4.69) is 4.99 Å². The number of rotatable bonds is 13. The smallest absolute Gasteiger partial charge is 0.333 e. The number of ether oxygens (including phenoxy) is 3. The summed E-state index contributed by atoms with van der Waals surface area (Å²) in [5, 5.41) is 132. The van der Waals surface area contributed by atoms with Crippen molar-refractivity contribution >= 4 is 23.9 Å². The van der Waals surface area contributed by atoms with Crippen molar-refractivity contribution in [2.24, 2.45) is 52.0 Å². The molecule has 76 heavy (non-hydrogen) atoms. The van der Waals surface area contributed by atoms with Gasteiger partial charge in [0.25, 0.3) is 0 Å². The summed E-state index contributed by atoms with van der Waals surface area (Å²) < 4.78 is 17.5. The van der Waals surface area contributed by atoms with Crippen molar-refractivity contribution in [1.29, 1.82) is 0 Å². The summed E-state index contributed by atoms with van der Waals surface area (Å²) in [6.45, 7) is 12.8. The number of aliphatic hydroxyl groups is 11. The van der Waals surface area contributed by atoms with Crippen molar-refractivity contribution in [3.8, 4) is 0 Å². The van der Waals surface area contributed by atoms with Crippen LogP contribution in [0.2, 0.25) is 0 Å². The van der Waals surface area contributed by atoms with Gasteiger partial charge in [0.05, 0.1) is 61.0 Å². The van der Waals surface area contributed by atoms with E-state index in [1.807, 2.05) is 20.8 Å². The predicted molar refractivity (Wildman–Crippen MR) is 284 cm³/mol. The second kappa shape index (κ2) is 34.6. The van der Waals surface area contributed by atoms with Crippen LogP contribution in [0.1, 0.15) is 170 Å². The molecule has 2 aliphatic rings. The van der Waals surface area contributed by atoms with Crippen LogP contribution in [-0.2, 0) is 28.6 Å². The zero-order valence-corrected chi connectivity index (χ0v) is 46.3. The molecule has 1 fully saturated rings. The van der Waals surface area contributed by atoms with Gasteiger partial charge in [-0.3, -0.25) is 14.6 Å². The summed E-state index contributed by atoms with van der Waals surface area (Å²) in [6, 6.07) is 0. The minimum absolute atomic E-state index is 0.0363. The van der Waals surface area contributed by atoms with E-state index in [9.17, 15) is 75.7 Å². The molecule has 2 bridgehead atoms. The quantitative estimate of drug-likeness (QED) is 0.0315. The molecule has 1 saturated heterocycles. The number of carbonyl (C=O) groups is 3. The molecule has 21 heteroatoms. The molecule has 0 spiro atoms. The van der Waals surface area contributed by atoms with Crippen LogP contribution in [-0.4, -0.2) is 177 Å². The van der Waals surface area contributed by atoms with E-state index >= 15 is 0 Å². The number of guanidine groups is 1. The number of aliphatic hydroxyl groups excluding tert-OH is 10. The molecule has 2 heterocycles. The van der Waals surface area contributed by atoms with Crippen molar-refractivity contribution < 1.29 is 89.9 Å². The van der Waals surface area contributed by atoms with Gasteiger partial charge in [-0.1, -0.05) is 91.9 Å². The number of aliphatic carboxylic acids is 1. The van der Waals surface area contributed by atoms with Crippen molar-refractivity contribution in [2.45, 2.75) is 256 Å². The summed E-state index contributed by atoms with van der Waals surface area (Å²) in [5.74, 6) is -8.54. The number of cyclic esters (lactones) is 1. The van der Waals surface area contributed by atoms with E-state index < -0.39 is 134 Å². The number of carboxylic acids is 1. The van der Waals surface area contributed by atoms with Crippen molar-refractivity contribution in [2.75, 3.05) is 6.54 Å². The number of nitrogens with zero attached hydrogens (tertiary/aromatic N) is 1. The van der Waals surface area contributed by atoms with Gasteiger partial charge in [-0.05, 0) is 82.5 Å². The molecule has 0 radical (unpaired) electrons. The number of aliphatic imine (C=N–C) groups is 1. The van der Waals surface area contributed by atoms with Gasteiger partial charge in [-0.25, -0.2) is 4.79 Å². The number of carbonyl (C=O) groups excluding carboxylic acids is 2. The lowest BCUT2D eigenvalue weighted by Crippen LogP contribution is -2.60. The Bertz CT molecular complexity index is 1790. The third-order valence-corrected chi connectivity index (χ3v) is 15.7. The number of carboxylic acid groups (broad SMARTS) is 1. The Morgan fingerprint density at radius 3 is 1.97 bits per heavy atom. The fourth-order valence-corrected chi connectivity index (χ4v) is 10.2. The molecule has 0 aliphatic carbocycles. The zero-order chi connectivity index (χ0) is 57.4. The lowest BCUT2D eigenvalue weighted by Gasteiger charge is -2.45. The van der Waals surface area contributed by atoms with E-state index in [1.165, 1.54) is 6.08 Å². The second-order valence-electron chi connectivity index (χ2n) is 22.6. The average Bonchev–Trinajstić information content (AvgIpc) is 3.33. The number of unbranched alkanes of at least 4 members (excludes halogenated alkanes) is 5. The maximum atomic E-state index is 13.7. The van der Waals surface area contributed by atoms with E-state index in [-0.39, 0.29) is 75.1 Å². The van der Waals surface area contributed by atoms with Crippen LogP contribution < -0.4 is 11.5 Å². The van der Waals surface area contributed by atoms with Gasteiger partial charge in [0.1, 0.15) is 24.7 Å². The Morgan fingerprint density at radius 2 is 1.33 bits per heavy atom. The minimum Gasteiger partial charge on any atom is -0.481 e. The van der Waals surface area contributed by atoms with E-state index in [0.29, 0.717) is 25.0 Å². The zero-order valence-electron chi connectivity index (χ0n) is 46.3. The Hall–Kier alpha value is -3.32. The fourth-order valence-electron chi connectivity index (χ4n) is 10.2. The Morgan fingerprint density at radius 1 is 0.724 bits per heavy atom. The lowest BCUT2D eigenvalue weighted by atomic mass is 9.83. The summed E-state index contributed by atoms with van der Waals surface area (Å²) in [4.78, 5) is 41.6. The normalized spacial score (nSPS) is 38.7. The van der Waals surface area contributed by atoms with Gasteiger partial charge in [0.2, 0.25) is 0 Å². The van der Waals surface area contributed by atoms with Crippen LogP contribution in [0.3, 0.4) is 0 Å². The first kappa shape index (κ1) is 68.8. The first-order valence-electron chi connectivity index (χ1n) is 27.8. The van der Waals surface area contributed by atoms with Crippen LogP contribution in [0.4, 0.5) is 0 Å². The molecular weight excluding hydrogens is 991 g/mol. The molecule has 0 unspecified atom stereocenters. The molecule has 0 saturated carbocycles. The van der Waals surface area contributed by atoms with Gasteiger partial charge in [-0.2, -0.15) is 0 Å². The molecule has 0 aromatic carbocycles. The molecule has 442 valence electrons. The molecule has 0 amide bonds. The van der Waals surface area contributed by atoms with E-state index in [4.69, 9.17) is 25.7 Å². The molecule has 20 atom stereocenters. The summed E-state index contributed by atoms with van der Waals surface area (Å²) in [7, 11) is 0. The van der Waals surface area contributed by atoms with E-state index in [0.717, 1.165) is 44.9 Å². The standard InChI is InChI=1S/C55H99N3O18/c1-31-16-14-17-35(5)53(72)75-51(33(3)15-12-10-8-9-11-13-22-58-54(56)57)34(4)19-21-43(62)36(6)45(64)25-39(60)23-38(59)24-40(74-50(70)29-49(68)69)26-41-27-47(66)52(71)55(73,76-41)30-48(67)32(2)18-20-42(61)37(7)46(65)28-44(31)63/h17,19,21,31-34,36-48,51-52,59-67,71,73H,8-16,18,20,22-30H2,1-7H3,(H,68,69)(H4,56,57,58)/b21-19+,35-17-/t31-,32-,33+,34+,36-,37-,38+,39-,40-,41+,42-,43+,44-,45-,46-,47-,48-,51-,52-,55-/m0/s1. The molecule has 21 nitrogen and oxygen atoms in total. The molecule has 16 N–H and O–H groups in total. The molecule has 0 aromatic rings. The molecule has 0 aromatic heterocycles. The van der Waals surface area contributed by atoms with Gasteiger partial charge in [0.15, 0.2) is 11.7 Å². The summed E-state index contributed by atoms with van der Waals surface area (Å²) >= 11 is 0. The SMILES string of the molecule is C/C1=C/CC[C@H](C)[C@@H](O)C[C@H](O)[C@@H](C)[C@@H](O)CC[C@H](C)[C@@H](O)C[C@]2(O)O[C@H](C[C@@H](OC(=O)CC(=O)O)C[C@H](O)C[C@H](O)C[C@H](O)[C@@H](C)[C@H](O)/C=C/[C@@H](C)[C@H]([C@H](C)CCCCCCCCN=C(N)N)OC1=O)C[C@H](O)[C@@H]2O. The summed E-state index contributed by atoms with van der Waals surface area (Å²) in [6.07, 6.45) is -6.89. The van der Waals surface area contributed by atoms with Crippen LogP contribution in [0.15, 0.2) is 28.8 Å². The van der Waals surface area contributed by atoms with Crippen LogP contribution in [0.25, 0.3) is 0 Å². The van der Waals surface area contributed by atoms with Gasteiger partial charge in [-0.15, -0.1) is 0 Å². The molecule has 2 rings (SSSR count). The van der Waals surface area contributed by atoms with Gasteiger partial charge < -0.3 is 87.0 Å². The number of allylic oxidation sites excluding steroid dienone is 1. The first-order valence-corrected chi connectivity index (χ1v) is 27.8. The van der Waals surface area contributed by atoms with Gasteiger partial charge in [0, 0.05) is 55.6 Å². The number of hydrogen-bond acceptors (Lipinski definition) is 18. The van der Waals surface area contributed by atoms with Crippen molar-refractivity contribution in [1.82, 2.24) is 0 Å². The predicted octanol–water partition coefficient (Wildman–Crippen LogP) is 2.61. The molecule has 2 aliphatic heterocycles. The van der Waals surface area contributed by atoms with Crippen LogP contribution in [0, 0.1) is 35.5 Å². The highest BCUT2D eigenvalue weighted by Gasteiger charge is 2.50. The summed E-state index contributed by atoms with van der Waals surface area (Å²) in [5.41, 5.74) is 11.2. The van der Waals surface area contributed by atoms with Crippen LogP contribution in [0.5, 0.6) is 0 Å². The maximum Gasteiger partial charge on any atom is 0.333 e. The Kier molecular flexibility index (Phi) is 31.3. The fraction of sp³-hybridized carbons (Fsp3) is 0.855. The third kappa shape index (κ3) is 25.2. The highest BCUT2D eigenvalue weighted by molar-refractivity contribution is 5.90. The van der Waals surface area contributed by atoms with Gasteiger partial charge >= 0.3 is 17.9 Å². The second-order valence-corrected chi connectivity index (χ2v) is 22.6.